The van der Waals surface area contributed by atoms with E-state index in [4.69, 9.17) is 14.2 Å². The average Bonchev–Trinajstić information content (AvgIpc) is 2.60. The van der Waals surface area contributed by atoms with Crippen molar-refractivity contribution in [3.63, 3.8) is 0 Å². The molecule has 2 aromatic carbocycles. The first kappa shape index (κ1) is 21.6. The molecule has 0 aromatic heterocycles. The van der Waals surface area contributed by atoms with Crippen molar-refractivity contribution in [2.24, 2.45) is 5.92 Å². The first-order valence-electron chi connectivity index (χ1n) is 7.80. The molecule has 0 heterocycles. The van der Waals surface area contributed by atoms with E-state index in [-0.39, 0.29) is 34.4 Å². The van der Waals surface area contributed by atoms with Gasteiger partial charge in [-0.1, -0.05) is 32.0 Å². The van der Waals surface area contributed by atoms with Gasteiger partial charge in [0.1, 0.15) is 22.8 Å². The third kappa shape index (κ3) is 6.08. The number of methoxy groups -OCH3 is 2. The monoisotopic (exact) mass is 354 g/mol. The Morgan fingerprint density at radius 1 is 1.04 bits per heavy atom. The maximum atomic E-state index is 12.7. The van der Waals surface area contributed by atoms with Gasteiger partial charge in [-0.05, 0) is 44.1 Å². The van der Waals surface area contributed by atoms with Crippen LogP contribution in [0.1, 0.15) is 25.6 Å². The van der Waals surface area contributed by atoms with E-state index in [1.54, 1.807) is 32.4 Å². The van der Waals surface area contributed by atoms with Crippen LogP contribution in [0.5, 0.6) is 17.2 Å². The first-order valence-corrected chi connectivity index (χ1v) is 8.80. The third-order valence-corrected chi connectivity index (χ3v) is 4.45. The Hall–Kier alpha value is -1.46. The molecular weight excluding hydrogens is 330 g/mol. The van der Waals surface area contributed by atoms with Crippen LogP contribution in [0.15, 0.2) is 42.5 Å². The summed E-state index contributed by atoms with van der Waals surface area (Å²) in [6.45, 7) is 4.89. The number of carbonyl (C=O) groups excluding carboxylic acids is 1. The number of benzene rings is 2. The molecule has 0 aliphatic rings. The topological polar surface area (TPSA) is 44.8 Å². The van der Waals surface area contributed by atoms with E-state index >= 15 is 0 Å². The summed E-state index contributed by atoms with van der Waals surface area (Å²) in [5.41, 5.74) is 0.473. The van der Waals surface area contributed by atoms with Crippen molar-refractivity contribution in [3.05, 3.63) is 48.0 Å². The maximum absolute atomic E-state index is 12.7. The van der Waals surface area contributed by atoms with Crippen molar-refractivity contribution in [2.75, 3.05) is 20.8 Å². The predicted octanol–water partition coefficient (Wildman–Crippen LogP) is 0.999. The van der Waals surface area contributed by atoms with E-state index in [2.05, 4.69) is 13.8 Å². The molecule has 2 rings (SSSR count). The summed E-state index contributed by atoms with van der Waals surface area (Å²) in [5.74, 6) is 2.36. The molecule has 0 amide bonds. The van der Waals surface area contributed by atoms with Crippen molar-refractivity contribution in [1.82, 2.24) is 0 Å². The Morgan fingerprint density at radius 3 is 2.08 bits per heavy atom. The molecule has 0 fully saturated rings. The number of hydrogen-bond donors (Lipinski definition) is 0. The molecule has 6 heteroatoms. The van der Waals surface area contributed by atoms with Crippen LogP contribution in [0.25, 0.3) is 0 Å². The van der Waals surface area contributed by atoms with E-state index in [9.17, 15) is 4.79 Å². The molecule has 130 valence electrons. The molecule has 0 aliphatic carbocycles. The predicted molar refractivity (Wildman–Crippen MR) is 99.7 cm³/mol. The van der Waals surface area contributed by atoms with Gasteiger partial charge < -0.3 is 15.6 Å². The van der Waals surface area contributed by atoms with Crippen LogP contribution in [0.4, 0.5) is 0 Å². The van der Waals surface area contributed by atoms with Crippen LogP contribution in [-0.2, 0) is 0 Å². The maximum Gasteiger partial charge on any atom is 1.00 e. The van der Waals surface area contributed by atoms with Crippen LogP contribution in [0, 0.1) is 5.92 Å². The molecule has 2 aromatic rings. The first-order chi connectivity index (χ1) is 11.5. The summed E-state index contributed by atoms with van der Waals surface area (Å²) >= 11 is 0. The minimum Gasteiger partial charge on any atom is -1.00 e. The van der Waals surface area contributed by atoms with Gasteiger partial charge >= 0.3 is 18.9 Å². The summed E-state index contributed by atoms with van der Waals surface area (Å²) in [6.07, 6.45) is 0. The normalized spacial score (nSPS) is 10.6. The fraction of sp³-hybridized carbons (Fsp3) is 0.316. The fourth-order valence-corrected chi connectivity index (χ4v) is 3.13. The van der Waals surface area contributed by atoms with Gasteiger partial charge in [-0.3, -0.25) is 4.79 Å². The van der Waals surface area contributed by atoms with E-state index in [0.29, 0.717) is 29.6 Å². The van der Waals surface area contributed by atoms with Gasteiger partial charge in [-0.15, -0.1) is 0 Å². The Morgan fingerprint density at radius 2 is 1.60 bits per heavy atom. The average molecular weight is 354 g/mol. The van der Waals surface area contributed by atoms with Gasteiger partial charge in [0.05, 0.1) is 20.8 Å². The number of carbonyl (C=O) groups is 1. The minimum atomic E-state index is -0.0138. The van der Waals surface area contributed by atoms with E-state index < -0.39 is 0 Å². The van der Waals surface area contributed by atoms with E-state index in [0.717, 1.165) is 11.1 Å². The van der Waals surface area contributed by atoms with Crippen LogP contribution in [0.3, 0.4) is 0 Å². The van der Waals surface area contributed by atoms with Gasteiger partial charge in [0, 0.05) is 0 Å². The van der Waals surface area contributed by atoms with Gasteiger partial charge in [0.2, 0.25) is 0 Å². The van der Waals surface area contributed by atoms with Crippen LogP contribution < -0.4 is 38.4 Å². The van der Waals surface area contributed by atoms with Crippen molar-refractivity contribution in [3.8, 4) is 17.2 Å². The standard InChI is InChI=1S/C19H23O4P.Li.H/c1-13(2)12-23-14-8-10-15(11-9-14)24-19(20)18-16(21-3)6-5-7-17(18)22-4;;/h5-11,13,24H,12H2,1-4H3;;/q;+1;-1. The zero-order valence-electron chi connectivity index (χ0n) is 16.5. The van der Waals surface area contributed by atoms with Crippen molar-refractivity contribution < 1.29 is 39.3 Å². The number of hydrogen-bond acceptors (Lipinski definition) is 4. The van der Waals surface area contributed by atoms with Crippen LogP contribution >= 0.6 is 8.58 Å². The Bertz CT molecular complexity index is 670. The Kier molecular flexibility index (Phi) is 9.07. The van der Waals surface area contributed by atoms with Gasteiger partial charge in [-0.25, -0.2) is 0 Å². The summed E-state index contributed by atoms with van der Waals surface area (Å²) < 4.78 is 16.3. The summed E-state index contributed by atoms with van der Waals surface area (Å²) in [7, 11) is 3.10. The van der Waals surface area contributed by atoms with E-state index in [1.165, 1.54) is 0 Å². The number of rotatable bonds is 8. The number of ether oxygens (including phenoxy) is 3. The van der Waals surface area contributed by atoms with Gasteiger partial charge in [0.15, 0.2) is 5.52 Å². The zero-order chi connectivity index (χ0) is 17.5. The quantitative estimate of drug-likeness (QED) is 0.524. The Labute approximate surface area is 164 Å². The molecule has 1 unspecified atom stereocenters. The molecule has 0 saturated heterocycles. The molecule has 25 heavy (non-hydrogen) atoms. The second kappa shape index (κ2) is 10.5. The Balaban J connectivity index is 0.00000312. The largest absolute Gasteiger partial charge is 1.00 e. The van der Waals surface area contributed by atoms with E-state index in [1.807, 2.05) is 24.3 Å². The van der Waals surface area contributed by atoms with Crippen LogP contribution in [0.2, 0.25) is 0 Å². The molecule has 0 aliphatic heterocycles. The molecule has 0 bridgehead atoms. The second-order valence-corrected chi connectivity index (χ2v) is 7.00. The van der Waals surface area contributed by atoms with Crippen LogP contribution in [-0.4, -0.2) is 26.4 Å². The zero-order valence-corrected chi connectivity index (χ0v) is 16.5. The summed E-state index contributed by atoms with van der Waals surface area (Å²) in [5, 5.41) is 0.949. The molecule has 1 atom stereocenters. The van der Waals surface area contributed by atoms with Crippen molar-refractivity contribution >= 4 is 19.4 Å². The van der Waals surface area contributed by atoms with Crippen molar-refractivity contribution in [1.29, 1.82) is 0 Å². The van der Waals surface area contributed by atoms with Gasteiger partial charge in [-0.2, -0.15) is 0 Å². The SMILES string of the molecule is COc1cccc(OC)c1C(=O)Pc1ccc(OCC(C)C)cc1.[H-].[Li+]. The van der Waals surface area contributed by atoms with Crippen molar-refractivity contribution in [2.45, 2.75) is 13.8 Å². The summed E-state index contributed by atoms with van der Waals surface area (Å²) in [6, 6.07) is 13.0. The summed E-state index contributed by atoms with van der Waals surface area (Å²) in [4.78, 5) is 12.7. The second-order valence-electron chi connectivity index (χ2n) is 5.72. The minimum absolute atomic E-state index is 0. The molecule has 0 saturated carbocycles. The molecule has 0 N–H and O–H groups in total. The van der Waals surface area contributed by atoms with Gasteiger partial charge in [0.25, 0.3) is 0 Å². The fourth-order valence-electron chi connectivity index (χ4n) is 2.17. The third-order valence-electron chi connectivity index (χ3n) is 3.35. The molecular formula is C19H24LiO4P. The molecule has 4 nitrogen and oxygen atoms in total. The molecule has 0 spiro atoms. The molecule has 0 radical (unpaired) electrons. The smallest absolute Gasteiger partial charge is 1.00 e.